The van der Waals surface area contributed by atoms with Crippen molar-refractivity contribution in [2.24, 2.45) is 0 Å². The lowest BCUT2D eigenvalue weighted by atomic mass is 9.80. The van der Waals surface area contributed by atoms with Gasteiger partial charge < -0.3 is 24.8 Å². The number of carbonyl (C=O) groups excluding carboxylic acids is 1. The summed E-state index contributed by atoms with van der Waals surface area (Å²) in [5.74, 6) is 2.93. The van der Waals surface area contributed by atoms with Gasteiger partial charge in [0.2, 0.25) is 0 Å². The van der Waals surface area contributed by atoms with Crippen LogP contribution in [0, 0.1) is 12.3 Å². The first kappa shape index (κ1) is 21.1. The molecule has 0 unspecified atom stereocenters. The molecule has 148 valence electrons. The molecule has 0 aromatic heterocycles. The smallest absolute Gasteiger partial charge is 0.251 e. The number of terminal acetylenes is 1. The van der Waals surface area contributed by atoms with Crippen LogP contribution in [-0.2, 0) is 6.61 Å². The van der Waals surface area contributed by atoms with E-state index in [0.717, 1.165) is 12.8 Å². The van der Waals surface area contributed by atoms with Crippen molar-refractivity contribution >= 4 is 5.91 Å². The number of aliphatic hydroxyl groups is 1. The van der Waals surface area contributed by atoms with Gasteiger partial charge in [-0.15, -0.1) is 6.42 Å². The Labute approximate surface area is 161 Å². The van der Waals surface area contributed by atoms with Gasteiger partial charge in [-0.3, -0.25) is 4.79 Å². The number of nitrogens with zero attached hydrogens (tertiary/aromatic N) is 1. The monoisotopic (exact) mass is 374 g/mol. The minimum absolute atomic E-state index is 0.00630. The van der Waals surface area contributed by atoms with Crippen LogP contribution in [0.25, 0.3) is 0 Å². The highest BCUT2D eigenvalue weighted by molar-refractivity contribution is 5.95. The zero-order valence-electron chi connectivity index (χ0n) is 16.5. The summed E-state index contributed by atoms with van der Waals surface area (Å²) in [5, 5.41) is 12.7. The topological polar surface area (TPSA) is 71.0 Å². The summed E-state index contributed by atoms with van der Waals surface area (Å²) in [7, 11) is 5.63. The fourth-order valence-electron chi connectivity index (χ4n) is 3.68. The number of methoxy groups -OCH3 is 1. The quantitative estimate of drug-likeness (QED) is 0.683. The molecule has 1 saturated carbocycles. The molecular formula is C21H30N2O4. The van der Waals surface area contributed by atoms with E-state index in [0.29, 0.717) is 29.2 Å². The molecule has 0 heterocycles. The molecule has 0 aliphatic heterocycles. The van der Waals surface area contributed by atoms with Crippen LogP contribution in [-0.4, -0.2) is 55.8 Å². The van der Waals surface area contributed by atoms with Gasteiger partial charge in [-0.1, -0.05) is 25.2 Å². The number of ether oxygens (including phenoxy) is 2. The number of carbonyl (C=O) groups is 1. The third-order valence-electron chi connectivity index (χ3n) is 5.40. The number of hydrogen-bond acceptors (Lipinski definition) is 5. The molecule has 1 fully saturated rings. The van der Waals surface area contributed by atoms with Gasteiger partial charge in [0.05, 0.1) is 13.7 Å². The molecule has 1 aromatic rings. The van der Waals surface area contributed by atoms with Crippen molar-refractivity contribution in [1.29, 1.82) is 0 Å². The maximum atomic E-state index is 12.8. The van der Waals surface area contributed by atoms with E-state index in [-0.39, 0.29) is 24.7 Å². The van der Waals surface area contributed by atoms with Crippen LogP contribution in [0.4, 0.5) is 0 Å². The Hall–Kier alpha value is -2.23. The molecule has 27 heavy (non-hydrogen) atoms. The van der Waals surface area contributed by atoms with Gasteiger partial charge >= 0.3 is 0 Å². The zero-order chi connectivity index (χ0) is 19.9. The Bertz CT molecular complexity index is 663. The lowest BCUT2D eigenvalue weighted by Gasteiger charge is -2.43. The maximum absolute atomic E-state index is 12.8. The second-order valence-corrected chi connectivity index (χ2v) is 7.18. The highest BCUT2D eigenvalue weighted by Crippen LogP contribution is 2.34. The molecule has 1 aliphatic carbocycles. The number of nitrogens with one attached hydrogen (secondary N) is 1. The van der Waals surface area contributed by atoms with Crippen LogP contribution >= 0.6 is 0 Å². The lowest BCUT2D eigenvalue weighted by molar-refractivity contribution is 0.0799. The summed E-state index contributed by atoms with van der Waals surface area (Å²) < 4.78 is 10.8. The van der Waals surface area contributed by atoms with Crippen molar-refractivity contribution in [2.75, 3.05) is 34.4 Å². The summed E-state index contributed by atoms with van der Waals surface area (Å²) in [5.41, 5.74) is 0.886. The Morgan fingerprint density at radius 2 is 2.04 bits per heavy atom. The summed E-state index contributed by atoms with van der Waals surface area (Å²) >= 11 is 0. The molecule has 0 saturated heterocycles. The fraction of sp³-hybridized carbons (Fsp3) is 0.571. The van der Waals surface area contributed by atoms with Crippen molar-refractivity contribution < 1.29 is 19.4 Å². The second kappa shape index (κ2) is 9.63. The molecule has 0 radical (unpaired) electrons. The second-order valence-electron chi connectivity index (χ2n) is 7.18. The van der Waals surface area contributed by atoms with Crippen LogP contribution in [0.15, 0.2) is 12.1 Å². The van der Waals surface area contributed by atoms with Crippen molar-refractivity contribution in [1.82, 2.24) is 10.2 Å². The molecule has 1 amide bonds. The average Bonchev–Trinajstić information content (AvgIpc) is 2.70. The molecule has 0 bridgehead atoms. The van der Waals surface area contributed by atoms with Crippen LogP contribution in [0.3, 0.4) is 0 Å². The molecule has 0 spiro atoms. The van der Waals surface area contributed by atoms with Gasteiger partial charge in [0.15, 0.2) is 11.5 Å². The minimum atomic E-state index is -0.279. The molecular weight excluding hydrogens is 344 g/mol. The largest absolute Gasteiger partial charge is 0.493 e. The predicted molar refractivity (Wildman–Crippen MR) is 105 cm³/mol. The molecule has 2 rings (SSSR count). The summed E-state index contributed by atoms with van der Waals surface area (Å²) in [4.78, 5) is 15.0. The number of benzene rings is 1. The third kappa shape index (κ3) is 4.94. The molecule has 1 aliphatic rings. The minimum Gasteiger partial charge on any atom is -0.493 e. The van der Waals surface area contributed by atoms with E-state index < -0.39 is 0 Å². The Morgan fingerprint density at radius 1 is 1.33 bits per heavy atom. The maximum Gasteiger partial charge on any atom is 0.251 e. The number of rotatable bonds is 8. The average molecular weight is 374 g/mol. The van der Waals surface area contributed by atoms with Crippen LogP contribution in [0.2, 0.25) is 0 Å². The van der Waals surface area contributed by atoms with E-state index in [4.69, 9.17) is 15.9 Å². The van der Waals surface area contributed by atoms with Crippen LogP contribution in [0.5, 0.6) is 11.5 Å². The van der Waals surface area contributed by atoms with Crippen LogP contribution in [0.1, 0.15) is 48.0 Å². The SMILES string of the molecule is C#CCOc1c(CO)cc(C(=O)NCC2(N(C)C)CCCCC2)cc1OC. The van der Waals surface area contributed by atoms with E-state index in [1.165, 1.54) is 26.4 Å². The first-order chi connectivity index (χ1) is 13.0. The number of aliphatic hydroxyl groups excluding tert-OH is 1. The van der Waals surface area contributed by atoms with E-state index in [1.54, 1.807) is 12.1 Å². The summed E-state index contributed by atoms with van der Waals surface area (Å²) in [6.45, 7) is 0.365. The first-order valence-electron chi connectivity index (χ1n) is 9.31. The van der Waals surface area contributed by atoms with Gasteiger partial charge in [0.1, 0.15) is 6.61 Å². The standard InChI is InChI=1S/C21H30N2O4/c1-5-11-27-19-17(14-24)12-16(13-18(19)26-4)20(25)22-15-21(23(2)3)9-7-6-8-10-21/h1,12-13,24H,6-11,14-15H2,2-4H3,(H,22,25). The predicted octanol–water partition coefficient (Wildman–Crippen LogP) is 2.19. The third-order valence-corrected chi connectivity index (χ3v) is 5.40. The van der Waals surface area contributed by atoms with Gasteiger partial charge in [-0.2, -0.15) is 0 Å². The molecule has 0 atom stereocenters. The van der Waals surface area contributed by atoms with Crippen molar-refractivity contribution in [3.05, 3.63) is 23.3 Å². The molecule has 6 nitrogen and oxygen atoms in total. The Morgan fingerprint density at radius 3 is 2.59 bits per heavy atom. The van der Waals surface area contributed by atoms with E-state index in [9.17, 15) is 9.90 Å². The molecule has 2 N–H and O–H groups in total. The van der Waals surface area contributed by atoms with E-state index >= 15 is 0 Å². The van der Waals surface area contributed by atoms with Crippen LogP contribution < -0.4 is 14.8 Å². The Balaban J connectivity index is 2.19. The van der Waals surface area contributed by atoms with E-state index in [2.05, 4.69) is 30.2 Å². The highest BCUT2D eigenvalue weighted by Gasteiger charge is 2.34. The number of amides is 1. The van der Waals surface area contributed by atoms with Crippen molar-refractivity contribution in [3.63, 3.8) is 0 Å². The number of hydrogen-bond donors (Lipinski definition) is 2. The molecule has 6 heteroatoms. The normalized spacial score (nSPS) is 15.9. The number of likely N-dealkylation sites (N-methyl/N-ethyl adjacent to an activating group) is 1. The first-order valence-corrected chi connectivity index (χ1v) is 9.31. The van der Waals surface area contributed by atoms with Gasteiger partial charge in [0, 0.05) is 23.2 Å². The van der Waals surface area contributed by atoms with Gasteiger partial charge in [-0.25, -0.2) is 0 Å². The van der Waals surface area contributed by atoms with Crippen molar-refractivity contribution in [3.8, 4) is 23.8 Å². The van der Waals surface area contributed by atoms with Crippen molar-refractivity contribution in [2.45, 2.75) is 44.2 Å². The van der Waals surface area contributed by atoms with Gasteiger partial charge in [0.25, 0.3) is 5.91 Å². The zero-order valence-corrected chi connectivity index (χ0v) is 16.5. The summed E-state index contributed by atoms with van der Waals surface area (Å²) in [6.07, 6.45) is 11.0. The summed E-state index contributed by atoms with van der Waals surface area (Å²) in [6, 6.07) is 3.23. The van der Waals surface area contributed by atoms with E-state index in [1.807, 2.05) is 0 Å². The lowest BCUT2D eigenvalue weighted by Crippen LogP contribution is -2.53. The highest BCUT2D eigenvalue weighted by atomic mass is 16.5. The molecule has 1 aromatic carbocycles. The fourth-order valence-corrected chi connectivity index (χ4v) is 3.68. The Kier molecular flexibility index (Phi) is 7.52. The van der Waals surface area contributed by atoms with Gasteiger partial charge in [-0.05, 0) is 39.1 Å².